The monoisotopic (exact) mass is 247 g/mol. The summed E-state index contributed by atoms with van der Waals surface area (Å²) in [5.41, 5.74) is 1.32. The van der Waals surface area contributed by atoms with Gasteiger partial charge in [-0.25, -0.2) is 4.98 Å². The van der Waals surface area contributed by atoms with E-state index in [0.29, 0.717) is 0 Å². The van der Waals surface area contributed by atoms with Crippen molar-refractivity contribution in [3.05, 3.63) is 23.9 Å². The number of anilines is 1. The Bertz CT molecular complexity index is 339. The van der Waals surface area contributed by atoms with Gasteiger partial charge in [-0.2, -0.15) is 0 Å². The molecule has 2 rings (SSSR count). The van der Waals surface area contributed by atoms with Gasteiger partial charge >= 0.3 is 0 Å². The summed E-state index contributed by atoms with van der Waals surface area (Å²) in [4.78, 5) is 9.54. The van der Waals surface area contributed by atoms with Crippen LogP contribution >= 0.6 is 0 Å². The Kier molecular flexibility index (Phi) is 5.00. The largest absolute Gasteiger partial charge is 0.354 e. The summed E-state index contributed by atoms with van der Waals surface area (Å²) >= 11 is 0. The van der Waals surface area contributed by atoms with Gasteiger partial charge in [0.1, 0.15) is 5.82 Å². The van der Waals surface area contributed by atoms with Gasteiger partial charge in [0.05, 0.1) is 0 Å². The number of hydrogen-bond acceptors (Lipinski definition) is 3. The highest BCUT2D eigenvalue weighted by Gasteiger charge is 2.17. The fourth-order valence-electron chi connectivity index (χ4n) is 2.40. The maximum Gasteiger partial charge on any atom is 0.128 e. The lowest BCUT2D eigenvalue weighted by Gasteiger charge is -2.35. The first-order valence-electron chi connectivity index (χ1n) is 7.25. The lowest BCUT2D eigenvalue weighted by molar-refractivity contribution is 0.253. The summed E-state index contributed by atoms with van der Waals surface area (Å²) in [5.74, 6) is 1.14. The Morgan fingerprint density at radius 1 is 1.11 bits per heavy atom. The lowest BCUT2D eigenvalue weighted by Crippen LogP contribution is -2.46. The van der Waals surface area contributed by atoms with Crippen LogP contribution in [0.3, 0.4) is 0 Å². The van der Waals surface area contributed by atoms with Crippen LogP contribution in [0.5, 0.6) is 0 Å². The number of unbranched alkanes of at least 4 members (excludes halogenated alkanes) is 1. The van der Waals surface area contributed by atoms with Crippen molar-refractivity contribution >= 4 is 5.82 Å². The average molecular weight is 247 g/mol. The van der Waals surface area contributed by atoms with Crippen molar-refractivity contribution in [3.63, 3.8) is 0 Å². The van der Waals surface area contributed by atoms with E-state index in [0.717, 1.165) is 25.3 Å². The van der Waals surface area contributed by atoms with Gasteiger partial charge in [0.15, 0.2) is 0 Å². The highest BCUT2D eigenvalue weighted by atomic mass is 15.3. The van der Waals surface area contributed by atoms with Crippen LogP contribution in [0, 0.1) is 0 Å². The predicted molar refractivity (Wildman–Crippen MR) is 77.2 cm³/mol. The Morgan fingerprint density at radius 3 is 2.44 bits per heavy atom. The van der Waals surface area contributed by atoms with Gasteiger partial charge in [-0.1, -0.05) is 26.3 Å². The van der Waals surface area contributed by atoms with Crippen LogP contribution in [0.25, 0.3) is 0 Å². The molecule has 0 N–H and O–H groups in total. The first kappa shape index (κ1) is 13.3. The molecule has 0 spiro atoms. The molecule has 0 aromatic carbocycles. The van der Waals surface area contributed by atoms with Crippen LogP contribution < -0.4 is 4.90 Å². The summed E-state index contributed by atoms with van der Waals surface area (Å²) in [5, 5.41) is 0. The van der Waals surface area contributed by atoms with E-state index < -0.39 is 0 Å². The minimum Gasteiger partial charge on any atom is -0.354 e. The molecule has 3 heteroatoms. The summed E-state index contributed by atoms with van der Waals surface area (Å²) in [6, 6.07) is 4.37. The number of pyridine rings is 1. The van der Waals surface area contributed by atoms with Crippen LogP contribution in [-0.2, 0) is 6.42 Å². The third-order valence-electron chi connectivity index (χ3n) is 3.74. The van der Waals surface area contributed by atoms with Crippen molar-refractivity contribution in [1.82, 2.24) is 9.88 Å². The van der Waals surface area contributed by atoms with Crippen LogP contribution in [0.4, 0.5) is 5.82 Å². The second-order valence-electron chi connectivity index (χ2n) is 5.06. The minimum atomic E-state index is 1.07. The van der Waals surface area contributed by atoms with Crippen molar-refractivity contribution in [2.24, 2.45) is 0 Å². The second kappa shape index (κ2) is 6.74. The van der Waals surface area contributed by atoms with Crippen molar-refractivity contribution < 1.29 is 0 Å². The van der Waals surface area contributed by atoms with Gasteiger partial charge < -0.3 is 4.90 Å². The van der Waals surface area contributed by atoms with Gasteiger partial charge in [-0.15, -0.1) is 0 Å². The normalized spacial score (nSPS) is 17.1. The molecule has 1 fully saturated rings. The molecule has 2 heterocycles. The summed E-state index contributed by atoms with van der Waals surface area (Å²) < 4.78 is 0. The molecular formula is C15H25N3. The topological polar surface area (TPSA) is 19.4 Å². The Morgan fingerprint density at radius 2 is 1.89 bits per heavy atom. The zero-order chi connectivity index (χ0) is 12.8. The van der Waals surface area contributed by atoms with Gasteiger partial charge in [0.2, 0.25) is 0 Å². The van der Waals surface area contributed by atoms with E-state index in [4.69, 9.17) is 0 Å². The molecule has 0 unspecified atom stereocenters. The van der Waals surface area contributed by atoms with Gasteiger partial charge in [-0.05, 0) is 31.0 Å². The second-order valence-corrected chi connectivity index (χ2v) is 5.06. The van der Waals surface area contributed by atoms with Gasteiger partial charge in [0.25, 0.3) is 0 Å². The molecule has 1 aromatic heterocycles. The van der Waals surface area contributed by atoms with E-state index in [2.05, 4.69) is 40.8 Å². The number of rotatable bonds is 5. The van der Waals surface area contributed by atoms with E-state index in [1.54, 1.807) is 0 Å². The Balaban J connectivity index is 1.84. The molecule has 1 aromatic rings. The summed E-state index contributed by atoms with van der Waals surface area (Å²) in [6.45, 7) is 10.3. The number of nitrogens with zero attached hydrogens (tertiary/aromatic N) is 3. The van der Waals surface area contributed by atoms with Gasteiger partial charge in [-0.3, -0.25) is 4.90 Å². The van der Waals surface area contributed by atoms with E-state index in [9.17, 15) is 0 Å². The first-order chi connectivity index (χ1) is 8.83. The van der Waals surface area contributed by atoms with Gasteiger partial charge in [0, 0.05) is 32.4 Å². The molecule has 0 radical (unpaired) electrons. The molecule has 0 aliphatic carbocycles. The van der Waals surface area contributed by atoms with Crippen molar-refractivity contribution in [3.8, 4) is 0 Å². The molecule has 1 aliphatic heterocycles. The summed E-state index contributed by atoms with van der Waals surface area (Å²) in [6.07, 6.45) is 5.70. The van der Waals surface area contributed by atoms with Crippen LogP contribution in [0.15, 0.2) is 18.3 Å². The zero-order valence-corrected chi connectivity index (χ0v) is 11.7. The third kappa shape index (κ3) is 3.45. The maximum absolute atomic E-state index is 4.57. The number of piperazine rings is 1. The molecule has 100 valence electrons. The molecule has 1 saturated heterocycles. The van der Waals surface area contributed by atoms with Crippen LogP contribution in [-0.4, -0.2) is 42.6 Å². The van der Waals surface area contributed by atoms with Crippen molar-refractivity contribution in [2.75, 3.05) is 37.6 Å². The standard InChI is InChI=1S/C15H25N3/c1-3-5-8-17-9-11-18(12-10-17)15-7-6-14(4-2)13-16-15/h6-7,13H,3-5,8-12H2,1-2H3. The Hall–Kier alpha value is -1.09. The average Bonchev–Trinajstić information content (AvgIpc) is 2.46. The molecule has 0 amide bonds. The van der Waals surface area contributed by atoms with E-state index in [1.807, 2.05) is 6.20 Å². The predicted octanol–water partition coefficient (Wildman–Crippen LogP) is 2.57. The first-order valence-corrected chi connectivity index (χ1v) is 7.25. The smallest absolute Gasteiger partial charge is 0.128 e. The third-order valence-corrected chi connectivity index (χ3v) is 3.74. The molecule has 0 bridgehead atoms. The van der Waals surface area contributed by atoms with E-state index in [1.165, 1.54) is 38.0 Å². The van der Waals surface area contributed by atoms with Crippen LogP contribution in [0.2, 0.25) is 0 Å². The number of hydrogen-bond donors (Lipinski definition) is 0. The Labute approximate surface area is 111 Å². The van der Waals surface area contributed by atoms with Crippen molar-refractivity contribution in [2.45, 2.75) is 33.1 Å². The zero-order valence-electron chi connectivity index (χ0n) is 11.7. The number of aryl methyl sites for hydroxylation is 1. The molecule has 3 nitrogen and oxygen atoms in total. The molecule has 1 aliphatic rings. The van der Waals surface area contributed by atoms with E-state index >= 15 is 0 Å². The summed E-state index contributed by atoms with van der Waals surface area (Å²) in [7, 11) is 0. The molecule has 18 heavy (non-hydrogen) atoms. The van der Waals surface area contributed by atoms with E-state index in [-0.39, 0.29) is 0 Å². The fourth-order valence-corrected chi connectivity index (χ4v) is 2.40. The fraction of sp³-hybridized carbons (Fsp3) is 0.667. The van der Waals surface area contributed by atoms with Crippen molar-refractivity contribution in [1.29, 1.82) is 0 Å². The SMILES string of the molecule is CCCCN1CCN(c2ccc(CC)cn2)CC1. The highest BCUT2D eigenvalue weighted by Crippen LogP contribution is 2.14. The lowest BCUT2D eigenvalue weighted by atomic mass is 10.2. The van der Waals surface area contributed by atoms with Crippen LogP contribution in [0.1, 0.15) is 32.3 Å². The maximum atomic E-state index is 4.57. The quantitative estimate of drug-likeness (QED) is 0.797. The minimum absolute atomic E-state index is 1.07. The number of aromatic nitrogens is 1. The highest BCUT2D eigenvalue weighted by molar-refractivity contribution is 5.39. The molecular weight excluding hydrogens is 222 g/mol. The molecule has 0 saturated carbocycles. The molecule has 0 atom stereocenters.